The van der Waals surface area contributed by atoms with Gasteiger partial charge in [-0.25, -0.2) is 0 Å². The normalized spacial score (nSPS) is 38.7. The Hall–Kier alpha value is 1.59. The number of fused-ring (bicyclic) bond motifs is 4. The highest BCUT2D eigenvalue weighted by Gasteiger charge is 2.56. The molecule has 4 unspecified atom stereocenters. The summed E-state index contributed by atoms with van der Waals surface area (Å²) in [5.41, 5.74) is 1.67. The molecule has 4 bridgehead atoms. The molecule has 6 rings (SSSR count). The van der Waals surface area contributed by atoms with Crippen molar-refractivity contribution >= 4 is 72.7 Å². The van der Waals surface area contributed by atoms with E-state index in [1.807, 2.05) is 10.8 Å². The summed E-state index contributed by atoms with van der Waals surface area (Å²) in [5, 5.41) is 4.09. The molecule has 0 radical (unpaired) electrons. The van der Waals surface area contributed by atoms with Gasteiger partial charge in [-0.15, -0.1) is 0 Å². The maximum Gasteiger partial charge on any atom is 0.219 e. The summed E-state index contributed by atoms with van der Waals surface area (Å²) in [6.45, 7) is 5.08. The number of nitrogens with one attached hydrogen (secondary N) is 1. The summed E-state index contributed by atoms with van der Waals surface area (Å²) in [4.78, 5) is 12.4. The SMILES string of the molecule is C[N+]12CCCC3(CI)CC[C@@](CCCCNC(=O)CCCCC4CCSS4)(CCCC3(CI)CC1)C2. The molecule has 7 heteroatoms. The van der Waals surface area contributed by atoms with Crippen molar-refractivity contribution in [2.75, 3.05) is 47.8 Å². The third kappa shape index (κ3) is 7.45. The van der Waals surface area contributed by atoms with Crippen LogP contribution < -0.4 is 5.32 Å². The van der Waals surface area contributed by atoms with Crippen LogP contribution in [0.15, 0.2) is 0 Å². The van der Waals surface area contributed by atoms with E-state index in [0.29, 0.717) is 16.2 Å². The Kier molecular flexibility index (Phi) is 11.9. The molecule has 6 fully saturated rings. The first-order valence-corrected chi connectivity index (χ1v) is 20.3. The molecule has 3 nitrogen and oxygen atoms in total. The van der Waals surface area contributed by atoms with Gasteiger partial charge >= 0.3 is 0 Å². The van der Waals surface area contributed by atoms with Gasteiger partial charge in [0, 0.05) is 44.7 Å². The average Bonchev–Trinajstić information content (AvgIpc) is 3.41. The Labute approximate surface area is 257 Å². The minimum Gasteiger partial charge on any atom is -0.356 e. The molecule has 0 aromatic carbocycles. The van der Waals surface area contributed by atoms with Gasteiger partial charge in [0.2, 0.25) is 5.91 Å². The van der Waals surface area contributed by atoms with Crippen LogP contribution in [0, 0.1) is 16.2 Å². The Morgan fingerprint density at radius 2 is 1.75 bits per heavy atom. The molecule has 0 aromatic heterocycles. The number of quaternary nitrogens is 1. The zero-order valence-corrected chi connectivity index (χ0v) is 28.7. The highest BCUT2D eigenvalue weighted by molar-refractivity contribution is 14.1. The van der Waals surface area contributed by atoms with Gasteiger partial charge in [-0.1, -0.05) is 86.0 Å². The number of hydrogen-bond donors (Lipinski definition) is 1. The van der Waals surface area contributed by atoms with Crippen LogP contribution in [0.4, 0.5) is 0 Å². The summed E-state index contributed by atoms with van der Waals surface area (Å²) in [6, 6.07) is 0. The Morgan fingerprint density at radius 3 is 2.53 bits per heavy atom. The molecule has 1 saturated carbocycles. The van der Waals surface area contributed by atoms with E-state index in [9.17, 15) is 4.79 Å². The second-order valence-electron chi connectivity index (χ2n) is 13.1. The van der Waals surface area contributed by atoms with Crippen molar-refractivity contribution < 1.29 is 9.28 Å². The van der Waals surface area contributed by atoms with Gasteiger partial charge in [0.1, 0.15) is 0 Å². The lowest BCUT2D eigenvalue weighted by Crippen LogP contribution is -2.54. The summed E-state index contributed by atoms with van der Waals surface area (Å²) in [7, 11) is 6.69. The quantitative estimate of drug-likeness (QED) is 0.0713. The summed E-state index contributed by atoms with van der Waals surface area (Å²) in [6.07, 6.45) is 21.1. The molecule has 5 saturated heterocycles. The number of amides is 1. The van der Waals surface area contributed by atoms with E-state index in [2.05, 4.69) is 68.3 Å². The van der Waals surface area contributed by atoms with Gasteiger partial charge in [0.25, 0.3) is 0 Å². The predicted octanol–water partition coefficient (Wildman–Crippen LogP) is 8.42. The highest BCUT2D eigenvalue weighted by Crippen LogP contribution is 2.60. The highest BCUT2D eigenvalue weighted by atomic mass is 127. The fourth-order valence-electron chi connectivity index (χ4n) is 8.31. The summed E-state index contributed by atoms with van der Waals surface area (Å²) in [5.74, 6) is 1.60. The molecule has 1 N–H and O–H groups in total. The van der Waals surface area contributed by atoms with Gasteiger partial charge in [0.15, 0.2) is 0 Å². The van der Waals surface area contributed by atoms with E-state index >= 15 is 0 Å². The third-order valence-electron chi connectivity index (χ3n) is 10.7. The van der Waals surface area contributed by atoms with Crippen LogP contribution in [0.2, 0.25) is 0 Å². The second-order valence-corrected chi connectivity index (χ2v) is 17.5. The first-order valence-electron chi connectivity index (χ1n) is 14.9. The molecule has 0 spiro atoms. The van der Waals surface area contributed by atoms with Crippen molar-refractivity contribution in [2.45, 2.75) is 108 Å². The number of unbranched alkanes of at least 4 members (excludes halogenated alkanes) is 2. The van der Waals surface area contributed by atoms with E-state index < -0.39 is 0 Å². The lowest BCUT2D eigenvalue weighted by atomic mass is 9.54. The number of carbonyl (C=O) groups is 1. The molecule has 5 heterocycles. The molecular weight excluding hydrogens is 710 g/mol. The van der Waals surface area contributed by atoms with Crippen LogP contribution in [-0.4, -0.2) is 63.5 Å². The molecule has 1 amide bonds. The van der Waals surface area contributed by atoms with Crippen LogP contribution in [0.1, 0.15) is 103 Å². The zero-order valence-electron chi connectivity index (χ0n) is 22.8. The smallest absolute Gasteiger partial charge is 0.219 e. The molecule has 36 heavy (non-hydrogen) atoms. The largest absolute Gasteiger partial charge is 0.356 e. The van der Waals surface area contributed by atoms with Gasteiger partial charge in [-0.2, -0.15) is 0 Å². The number of rotatable bonds is 12. The minimum atomic E-state index is 0.284. The molecule has 208 valence electrons. The van der Waals surface area contributed by atoms with Crippen LogP contribution >= 0.6 is 66.8 Å². The number of alkyl halides is 2. The van der Waals surface area contributed by atoms with E-state index in [4.69, 9.17) is 0 Å². The maximum atomic E-state index is 12.4. The van der Waals surface area contributed by atoms with Gasteiger partial charge in [0.05, 0.1) is 26.7 Å². The first kappa shape index (κ1) is 30.5. The van der Waals surface area contributed by atoms with Crippen LogP contribution in [0.5, 0.6) is 0 Å². The average molecular weight is 762 g/mol. The number of nitrogens with zero attached hydrogens (tertiary/aromatic N) is 1. The van der Waals surface area contributed by atoms with Crippen molar-refractivity contribution in [1.82, 2.24) is 5.32 Å². The van der Waals surface area contributed by atoms with Crippen LogP contribution in [0.25, 0.3) is 0 Å². The van der Waals surface area contributed by atoms with Crippen molar-refractivity contribution in [3.05, 3.63) is 0 Å². The predicted molar refractivity (Wildman–Crippen MR) is 177 cm³/mol. The lowest BCUT2D eigenvalue weighted by molar-refractivity contribution is -0.917. The van der Waals surface area contributed by atoms with Gasteiger partial charge in [-0.05, 0) is 81.5 Å². The topological polar surface area (TPSA) is 29.1 Å². The molecule has 5 aliphatic heterocycles. The molecule has 6 aliphatic rings. The van der Waals surface area contributed by atoms with Crippen molar-refractivity contribution in [2.24, 2.45) is 16.2 Å². The van der Waals surface area contributed by atoms with Crippen LogP contribution in [0.3, 0.4) is 0 Å². The minimum absolute atomic E-state index is 0.284. The fraction of sp³-hybridized carbons (Fsp3) is 0.966. The molecule has 0 aromatic rings. The Morgan fingerprint density at radius 1 is 0.944 bits per heavy atom. The van der Waals surface area contributed by atoms with Gasteiger partial charge < -0.3 is 9.80 Å². The molecular formula is C29H51I2N2OS2+. The van der Waals surface area contributed by atoms with E-state index in [1.165, 1.54) is 122 Å². The van der Waals surface area contributed by atoms with Crippen molar-refractivity contribution in [3.8, 4) is 0 Å². The Balaban J connectivity index is 1.27. The maximum absolute atomic E-state index is 12.4. The van der Waals surface area contributed by atoms with E-state index in [-0.39, 0.29) is 5.91 Å². The lowest BCUT2D eigenvalue weighted by Gasteiger charge is -2.53. The van der Waals surface area contributed by atoms with Crippen LogP contribution in [-0.2, 0) is 4.79 Å². The standard InChI is InChI=1S/C29H50I2N2OS2/c1-33-19-7-14-28(22-30)16-15-27(24-33,12-6-13-29(28,23-31)17-20-33)11-4-5-18-32-26(34)9-3-2-8-25-10-21-35-36-25/h25H,2-24H2,1H3/p+1/t25?,27-,28?,29?,33?/m1/s1. The van der Waals surface area contributed by atoms with Crippen molar-refractivity contribution in [3.63, 3.8) is 0 Å². The monoisotopic (exact) mass is 761 g/mol. The Bertz CT molecular complexity index is 723. The first-order chi connectivity index (χ1) is 17.4. The fourth-order valence-corrected chi connectivity index (χ4v) is 14.5. The van der Waals surface area contributed by atoms with E-state index in [1.54, 1.807) is 0 Å². The summed E-state index contributed by atoms with van der Waals surface area (Å²) < 4.78 is 4.04. The number of hydrogen-bond acceptors (Lipinski definition) is 3. The zero-order chi connectivity index (χ0) is 25.5. The third-order valence-corrected chi connectivity index (χ3v) is 16.6. The van der Waals surface area contributed by atoms with Crippen molar-refractivity contribution in [1.29, 1.82) is 0 Å². The second kappa shape index (κ2) is 14.0. The summed E-state index contributed by atoms with van der Waals surface area (Å²) >= 11 is 5.53. The molecule has 5 atom stereocenters. The van der Waals surface area contributed by atoms with E-state index in [0.717, 1.165) is 31.1 Å². The molecule has 1 aliphatic carbocycles. The number of halogens is 2. The number of carbonyl (C=O) groups excluding carboxylic acids is 1. The van der Waals surface area contributed by atoms with Gasteiger partial charge in [-0.3, -0.25) is 4.79 Å².